The number of fused-ring (bicyclic) bond motifs is 1. The highest BCUT2D eigenvalue weighted by atomic mass is 32.2. The maximum atomic E-state index is 12.4. The van der Waals surface area contributed by atoms with Crippen molar-refractivity contribution >= 4 is 40.9 Å². The lowest BCUT2D eigenvalue weighted by atomic mass is 10.1. The van der Waals surface area contributed by atoms with Crippen molar-refractivity contribution in [3.8, 4) is 0 Å². The quantitative estimate of drug-likeness (QED) is 0.263. The minimum Gasteiger partial charge on any atom is -0.465 e. The molecule has 2 aromatic carbocycles. The van der Waals surface area contributed by atoms with Gasteiger partial charge in [-0.1, -0.05) is 29.5 Å². The molecular weight excluding hydrogens is 480 g/mol. The van der Waals surface area contributed by atoms with Crippen LogP contribution in [0.1, 0.15) is 32.1 Å². The molecule has 0 radical (unpaired) electrons. The molecule has 10 nitrogen and oxygen atoms in total. The highest BCUT2D eigenvalue weighted by Crippen LogP contribution is 2.17. The molecule has 4 aromatic rings. The van der Waals surface area contributed by atoms with Crippen LogP contribution in [0.5, 0.6) is 0 Å². The van der Waals surface area contributed by atoms with Gasteiger partial charge in [0.25, 0.3) is 5.91 Å². The molecule has 2 N–H and O–H groups in total. The molecule has 0 fully saturated rings. The van der Waals surface area contributed by atoms with Crippen molar-refractivity contribution < 1.29 is 19.1 Å². The van der Waals surface area contributed by atoms with Gasteiger partial charge in [-0.25, -0.2) is 4.79 Å². The van der Waals surface area contributed by atoms with Crippen molar-refractivity contribution in [2.45, 2.75) is 18.4 Å². The fourth-order valence-corrected chi connectivity index (χ4v) is 3.94. The molecule has 4 rings (SSSR count). The normalized spacial score (nSPS) is 10.7. The van der Waals surface area contributed by atoms with Crippen LogP contribution in [0, 0.1) is 6.92 Å². The summed E-state index contributed by atoms with van der Waals surface area (Å²) in [5, 5.41) is 19.1. The van der Waals surface area contributed by atoms with Gasteiger partial charge in [0.2, 0.25) is 5.91 Å². The summed E-state index contributed by atoms with van der Waals surface area (Å²) in [5.41, 5.74) is 3.25. The molecule has 0 aliphatic carbocycles. The molecule has 36 heavy (non-hydrogen) atoms. The van der Waals surface area contributed by atoms with E-state index in [4.69, 9.17) is 0 Å². The van der Waals surface area contributed by atoms with E-state index in [9.17, 15) is 14.4 Å². The number of nitrogens with zero attached hydrogens (tertiary/aromatic N) is 4. The van der Waals surface area contributed by atoms with E-state index < -0.39 is 5.97 Å². The summed E-state index contributed by atoms with van der Waals surface area (Å²) in [5.74, 6) is -0.0605. The van der Waals surface area contributed by atoms with Gasteiger partial charge < -0.3 is 15.4 Å². The number of hydrogen-bond donors (Lipinski definition) is 2. The number of amides is 2. The topological polar surface area (TPSA) is 128 Å². The smallest absolute Gasteiger partial charge is 0.337 e. The summed E-state index contributed by atoms with van der Waals surface area (Å²) in [6.45, 7) is 2.35. The maximum Gasteiger partial charge on any atom is 0.337 e. The molecule has 2 amide bonds. The number of rotatable bonds is 9. The molecule has 0 saturated carbocycles. The molecule has 184 valence electrons. The van der Waals surface area contributed by atoms with E-state index >= 15 is 0 Å². The number of esters is 1. The number of ether oxygens (including phenoxy) is 1. The zero-order chi connectivity index (χ0) is 25.5. The molecule has 0 aliphatic heterocycles. The van der Waals surface area contributed by atoms with E-state index in [1.807, 2.05) is 19.1 Å². The predicted molar refractivity (Wildman–Crippen MR) is 135 cm³/mol. The molecule has 11 heteroatoms. The van der Waals surface area contributed by atoms with Crippen LogP contribution in [0.4, 0.5) is 5.69 Å². The predicted octanol–water partition coefficient (Wildman–Crippen LogP) is 2.92. The van der Waals surface area contributed by atoms with Gasteiger partial charge in [0.15, 0.2) is 11.5 Å². The zero-order valence-electron chi connectivity index (χ0n) is 19.7. The molecule has 2 aromatic heterocycles. The van der Waals surface area contributed by atoms with E-state index in [0.29, 0.717) is 46.3 Å². The minimum atomic E-state index is -0.438. The Morgan fingerprint density at radius 3 is 2.39 bits per heavy atom. The number of nitrogens with one attached hydrogen (secondary N) is 2. The maximum absolute atomic E-state index is 12.4. The third-order valence-electron chi connectivity index (χ3n) is 5.19. The monoisotopic (exact) mass is 504 g/mol. The van der Waals surface area contributed by atoms with Crippen molar-refractivity contribution in [3.05, 3.63) is 83.2 Å². The summed E-state index contributed by atoms with van der Waals surface area (Å²) < 4.78 is 6.28. The number of methoxy groups -OCH3 is 1. The van der Waals surface area contributed by atoms with E-state index in [2.05, 4.69) is 30.7 Å². The van der Waals surface area contributed by atoms with Crippen LogP contribution in [0.2, 0.25) is 0 Å². The Morgan fingerprint density at radius 2 is 1.67 bits per heavy atom. The van der Waals surface area contributed by atoms with Crippen molar-refractivity contribution in [3.63, 3.8) is 0 Å². The number of hydrogen-bond acceptors (Lipinski definition) is 8. The molecule has 0 bridgehead atoms. The summed E-state index contributed by atoms with van der Waals surface area (Å²) in [4.78, 5) is 36.2. The number of carbonyl (C=O) groups is 3. The largest absolute Gasteiger partial charge is 0.465 e. The summed E-state index contributed by atoms with van der Waals surface area (Å²) in [7, 11) is 1.31. The van der Waals surface area contributed by atoms with Gasteiger partial charge in [-0.2, -0.15) is 9.61 Å². The Morgan fingerprint density at radius 1 is 0.944 bits per heavy atom. The number of thioether (sulfide) groups is 1. The molecule has 0 saturated heterocycles. The van der Waals surface area contributed by atoms with Crippen LogP contribution < -0.4 is 10.6 Å². The molecular formula is C25H24N6O4S. The van der Waals surface area contributed by atoms with Crippen LogP contribution in [-0.4, -0.2) is 57.0 Å². The molecule has 0 atom stereocenters. The highest BCUT2D eigenvalue weighted by molar-refractivity contribution is 7.99. The van der Waals surface area contributed by atoms with Gasteiger partial charge in [-0.05, 0) is 55.5 Å². The minimum absolute atomic E-state index is 0.140. The Hall–Kier alpha value is -4.25. The molecule has 0 aliphatic rings. The summed E-state index contributed by atoms with van der Waals surface area (Å²) >= 11 is 1.27. The average molecular weight is 505 g/mol. The Labute approximate surface area is 211 Å². The Balaban J connectivity index is 1.31. The lowest BCUT2D eigenvalue weighted by Crippen LogP contribution is -2.26. The second-order valence-corrected chi connectivity index (χ2v) is 8.83. The second kappa shape index (κ2) is 11.5. The lowest BCUT2D eigenvalue weighted by Gasteiger charge is -2.07. The van der Waals surface area contributed by atoms with Crippen molar-refractivity contribution in [2.75, 3.05) is 24.7 Å². The first-order valence-electron chi connectivity index (χ1n) is 11.1. The Bertz CT molecular complexity index is 1390. The van der Waals surface area contributed by atoms with Gasteiger partial charge in [-0.15, -0.1) is 10.2 Å². The third-order valence-corrected chi connectivity index (χ3v) is 6.11. The first-order valence-corrected chi connectivity index (χ1v) is 12.1. The first-order chi connectivity index (χ1) is 17.4. The lowest BCUT2D eigenvalue weighted by molar-refractivity contribution is -0.113. The van der Waals surface area contributed by atoms with Gasteiger partial charge in [0, 0.05) is 24.2 Å². The van der Waals surface area contributed by atoms with Crippen LogP contribution in [0.3, 0.4) is 0 Å². The second-order valence-electron chi connectivity index (χ2n) is 7.84. The van der Waals surface area contributed by atoms with Crippen LogP contribution in [-0.2, 0) is 16.0 Å². The number of benzene rings is 2. The van der Waals surface area contributed by atoms with Gasteiger partial charge in [-0.3, -0.25) is 9.59 Å². The SMILES string of the molecule is COC(=O)c1ccc(NC(=O)CSc2ccc3nnc(CCNC(=O)c4ccc(C)cc4)n3n2)cc1. The van der Waals surface area contributed by atoms with Gasteiger partial charge in [0.1, 0.15) is 5.03 Å². The van der Waals surface area contributed by atoms with E-state index in [0.717, 1.165) is 5.56 Å². The third kappa shape index (κ3) is 6.25. The number of carbonyl (C=O) groups excluding carboxylic acids is 3. The zero-order valence-corrected chi connectivity index (χ0v) is 20.5. The molecule has 2 heterocycles. The number of anilines is 1. The summed E-state index contributed by atoms with van der Waals surface area (Å²) in [6, 6.07) is 17.4. The Kier molecular flexibility index (Phi) is 7.91. The fourth-order valence-electron chi connectivity index (χ4n) is 3.29. The van der Waals surface area contributed by atoms with Crippen LogP contribution in [0.25, 0.3) is 5.65 Å². The highest BCUT2D eigenvalue weighted by Gasteiger charge is 2.12. The van der Waals surface area contributed by atoms with Crippen molar-refractivity contribution in [2.24, 2.45) is 0 Å². The van der Waals surface area contributed by atoms with Crippen molar-refractivity contribution in [1.82, 2.24) is 25.1 Å². The fraction of sp³-hybridized carbons (Fsp3) is 0.200. The van der Waals surface area contributed by atoms with Crippen LogP contribution in [0.15, 0.2) is 65.7 Å². The summed E-state index contributed by atoms with van der Waals surface area (Å²) in [6.07, 6.45) is 0.446. The van der Waals surface area contributed by atoms with Crippen molar-refractivity contribution in [1.29, 1.82) is 0 Å². The average Bonchev–Trinajstić information content (AvgIpc) is 3.30. The van der Waals surface area contributed by atoms with Gasteiger partial charge >= 0.3 is 5.97 Å². The van der Waals surface area contributed by atoms with E-state index in [1.54, 1.807) is 53.0 Å². The number of aromatic nitrogens is 4. The van der Waals surface area contributed by atoms with Gasteiger partial charge in [0.05, 0.1) is 18.4 Å². The molecule has 0 unspecified atom stereocenters. The standard InChI is InChI=1S/C25H24N6O4S/c1-16-3-5-17(6-4-16)24(33)26-14-13-21-29-28-20-11-12-23(30-31(20)21)36-15-22(32)27-19-9-7-18(8-10-19)25(34)35-2/h3-12H,13-15H2,1-2H3,(H,26,33)(H,27,32). The number of aryl methyl sites for hydroxylation is 1. The first kappa shape index (κ1) is 24.9. The van der Waals surface area contributed by atoms with E-state index in [-0.39, 0.29) is 17.6 Å². The van der Waals surface area contributed by atoms with Crippen LogP contribution >= 0.6 is 11.8 Å². The molecule has 0 spiro atoms. The van der Waals surface area contributed by atoms with E-state index in [1.165, 1.54) is 18.9 Å².